The van der Waals surface area contributed by atoms with Crippen LogP contribution >= 0.6 is 0 Å². The molecule has 0 saturated carbocycles. The van der Waals surface area contributed by atoms with Crippen LogP contribution in [0.5, 0.6) is 0 Å². The Morgan fingerprint density at radius 2 is 1.70 bits per heavy atom. The summed E-state index contributed by atoms with van der Waals surface area (Å²) < 4.78 is 15.1. The molecule has 30 heavy (non-hydrogen) atoms. The summed E-state index contributed by atoms with van der Waals surface area (Å²) >= 11 is 0. The summed E-state index contributed by atoms with van der Waals surface area (Å²) in [5, 5.41) is 25.1. The van der Waals surface area contributed by atoms with Crippen LogP contribution in [0.1, 0.15) is 61.8 Å². The molecular weight excluding hydrogens is 385 g/mol. The fraction of sp³-hybridized carbons (Fsp3) is 0.364. The zero-order valence-corrected chi connectivity index (χ0v) is 17.5. The molecule has 3 rings (SSSR count). The summed E-state index contributed by atoms with van der Waals surface area (Å²) in [5.41, 5.74) is 2.30. The van der Waals surface area contributed by atoms with Gasteiger partial charge in [0.1, 0.15) is 5.82 Å². The summed E-state index contributed by atoms with van der Waals surface area (Å²) in [5.74, 6) is -0.765. The minimum absolute atomic E-state index is 0.176. The number of hydrogen-bond acceptors (Lipinski definition) is 5. The highest BCUT2D eigenvalue weighted by Gasteiger charge is 2.30. The molecule has 0 aliphatic rings. The molecule has 0 saturated heterocycles. The summed E-state index contributed by atoms with van der Waals surface area (Å²) in [6.07, 6.45) is -0.176. The smallest absolute Gasteiger partial charge is 0.305 e. The third-order valence-corrected chi connectivity index (χ3v) is 4.82. The number of carboxylic acid groups (broad SMARTS) is 1. The lowest BCUT2D eigenvalue weighted by molar-refractivity contribution is -0.137. The molecule has 2 aromatic carbocycles. The van der Waals surface area contributed by atoms with Gasteiger partial charge in [0.05, 0.1) is 18.0 Å². The minimum Gasteiger partial charge on any atom is -0.481 e. The molecule has 0 aliphatic carbocycles. The van der Waals surface area contributed by atoms with E-state index in [1.807, 2.05) is 52.0 Å². The van der Waals surface area contributed by atoms with Crippen LogP contribution in [-0.2, 0) is 10.3 Å². The van der Waals surface area contributed by atoms with E-state index >= 15 is 0 Å². The summed E-state index contributed by atoms with van der Waals surface area (Å²) in [6.45, 7) is 7.98. The Bertz CT molecular complexity index is 994. The Hall–Kier alpha value is -3.13. The maximum Gasteiger partial charge on any atom is 0.305 e. The number of tetrazole rings is 1. The van der Waals surface area contributed by atoms with Crippen LogP contribution in [0.3, 0.4) is 0 Å². The molecule has 1 heterocycles. The van der Waals surface area contributed by atoms with E-state index in [1.165, 1.54) is 12.1 Å². The number of aromatic nitrogens is 4. The van der Waals surface area contributed by atoms with Gasteiger partial charge in [-0.25, -0.2) is 9.07 Å². The highest BCUT2D eigenvalue weighted by molar-refractivity contribution is 5.68. The second-order valence-electron chi connectivity index (χ2n) is 8.33. The summed E-state index contributed by atoms with van der Waals surface area (Å²) in [7, 11) is 0. The number of halogens is 1. The third kappa shape index (κ3) is 5.07. The molecule has 0 bridgehead atoms. The van der Waals surface area contributed by atoms with E-state index < -0.39 is 18.1 Å². The van der Waals surface area contributed by atoms with Crippen molar-refractivity contribution in [3.05, 3.63) is 76.9 Å². The summed E-state index contributed by atoms with van der Waals surface area (Å²) in [6, 6.07) is 12.7. The first kappa shape index (κ1) is 21.6. The van der Waals surface area contributed by atoms with Crippen LogP contribution in [-0.4, -0.2) is 31.3 Å². The fourth-order valence-corrected chi connectivity index (χ4v) is 3.27. The van der Waals surface area contributed by atoms with Crippen molar-refractivity contribution in [2.45, 2.75) is 51.7 Å². The van der Waals surface area contributed by atoms with Crippen molar-refractivity contribution in [2.24, 2.45) is 0 Å². The van der Waals surface area contributed by atoms with Gasteiger partial charge in [0, 0.05) is 6.04 Å². The molecule has 1 aromatic heterocycles. The van der Waals surface area contributed by atoms with Crippen LogP contribution in [0.2, 0.25) is 0 Å². The van der Waals surface area contributed by atoms with Gasteiger partial charge in [-0.3, -0.25) is 10.1 Å². The Labute approximate surface area is 174 Å². The van der Waals surface area contributed by atoms with Crippen LogP contribution in [0.25, 0.3) is 0 Å². The number of hydrogen-bond donors (Lipinski definition) is 2. The number of carbonyl (C=O) groups is 1. The molecule has 8 heteroatoms. The average Bonchev–Trinajstić information content (AvgIpc) is 3.16. The zero-order chi connectivity index (χ0) is 21.9. The maximum absolute atomic E-state index is 13.4. The minimum atomic E-state index is -0.963. The van der Waals surface area contributed by atoms with E-state index in [0.717, 1.165) is 11.1 Å². The summed E-state index contributed by atoms with van der Waals surface area (Å²) in [4.78, 5) is 11.6. The average molecular weight is 411 g/mol. The first-order chi connectivity index (χ1) is 14.1. The molecule has 3 aromatic rings. The van der Waals surface area contributed by atoms with Gasteiger partial charge in [-0.1, -0.05) is 42.0 Å². The lowest BCUT2D eigenvalue weighted by Gasteiger charge is -2.28. The molecule has 0 aliphatic heterocycles. The van der Waals surface area contributed by atoms with Gasteiger partial charge < -0.3 is 5.11 Å². The Kier molecular flexibility index (Phi) is 6.26. The molecule has 0 radical (unpaired) electrons. The van der Waals surface area contributed by atoms with E-state index in [-0.39, 0.29) is 17.8 Å². The van der Waals surface area contributed by atoms with E-state index in [0.29, 0.717) is 11.4 Å². The lowest BCUT2D eigenvalue weighted by Crippen LogP contribution is -2.34. The van der Waals surface area contributed by atoms with Crippen molar-refractivity contribution >= 4 is 5.97 Å². The van der Waals surface area contributed by atoms with Crippen LogP contribution in [0.15, 0.2) is 48.5 Å². The normalized spacial score (nSPS) is 13.8. The molecular formula is C22H26FN5O2. The fourth-order valence-electron chi connectivity index (χ4n) is 3.27. The predicted octanol–water partition coefficient (Wildman–Crippen LogP) is 3.77. The molecule has 2 unspecified atom stereocenters. The van der Waals surface area contributed by atoms with Crippen molar-refractivity contribution in [3.8, 4) is 0 Å². The second-order valence-corrected chi connectivity index (χ2v) is 8.33. The number of nitrogens with one attached hydrogen (secondary N) is 1. The van der Waals surface area contributed by atoms with Gasteiger partial charge in [-0.15, -0.1) is 5.10 Å². The van der Waals surface area contributed by atoms with E-state index in [1.54, 1.807) is 16.8 Å². The highest BCUT2D eigenvalue weighted by atomic mass is 19.1. The Morgan fingerprint density at radius 1 is 1.10 bits per heavy atom. The van der Waals surface area contributed by atoms with E-state index in [2.05, 4.69) is 20.8 Å². The molecule has 2 atom stereocenters. The van der Waals surface area contributed by atoms with Gasteiger partial charge in [-0.2, -0.15) is 0 Å². The highest BCUT2D eigenvalue weighted by Crippen LogP contribution is 2.29. The molecule has 0 amide bonds. The van der Waals surface area contributed by atoms with Gasteiger partial charge in [0.2, 0.25) is 0 Å². The molecule has 0 fully saturated rings. The first-order valence-electron chi connectivity index (χ1n) is 9.74. The molecule has 0 spiro atoms. The molecule has 2 N–H and O–H groups in total. The Balaban J connectivity index is 2.06. The SMILES string of the molecule is Cc1ccc(C(NC(CC(=O)O)c2ccc(F)cc2)c2nnnn2C(C)(C)C)cc1. The van der Waals surface area contributed by atoms with Crippen molar-refractivity contribution in [1.29, 1.82) is 0 Å². The Morgan fingerprint density at radius 3 is 2.27 bits per heavy atom. The van der Waals surface area contributed by atoms with Crippen LogP contribution in [0.4, 0.5) is 4.39 Å². The van der Waals surface area contributed by atoms with Crippen molar-refractivity contribution in [3.63, 3.8) is 0 Å². The van der Waals surface area contributed by atoms with Crippen molar-refractivity contribution in [1.82, 2.24) is 25.5 Å². The van der Waals surface area contributed by atoms with Crippen LogP contribution < -0.4 is 5.32 Å². The van der Waals surface area contributed by atoms with Crippen molar-refractivity contribution < 1.29 is 14.3 Å². The predicted molar refractivity (Wildman–Crippen MR) is 110 cm³/mol. The van der Waals surface area contributed by atoms with Crippen molar-refractivity contribution in [2.75, 3.05) is 0 Å². The number of aliphatic carboxylic acids is 1. The molecule has 7 nitrogen and oxygen atoms in total. The van der Waals surface area contributed by atoms with Gasteiger partial charge in [0.15, 0.2) is 5.82 Å². The van der Waals surface area contributed by atoms with E-state index in [4.69, 9.17) is 0 Å². The monoisotopic (exact) mass is 411 g/mol. The second kappa shape index (κ2) is 8.71. The standard InChI is InChI=1S/C22H26FN5O2/c1-14-5-7-16(8-6-14)20(21-25-26-27-28(21)22(2,3)4)24-18(13-19(29)30)15-9-11-17(23)12-10-15/h5-12,18,20,24H,13H2,1-4H3,(H,29,30). The van der Waals surface area contributed by atoms with Gasteiger partial charge >= 0.3 is 5.97 Å². The first-order valence-corrected chi connectivity index (χ1v) is 9.74. The number of carboxylic acids is 1. The largest absolute Gasteiger partial charge is 0.481 e. The third-order valence-electron chi connectivity index (χ3n) is 4.82. The number of nitrogens with zero attached hydrogens (tertiary/aromatic N) is 4. The molecule has 158 valence electrons. The quantitative estimate of drug-likeness (QED) is 0.615. The van der Waals surface area contributed by atoms with Gasteiger partial charge in [-0.05, 0) is 61.4 Å². The zero-order valence-electron chi connectivity index (χ0n) is 17.5. The van der Waals surface area contributed by atoms with Gasteiger partial charge in [0.25, 0.3) is 0 Å². The van der Waals surface area contributed by atoms with E-state index in [9.17, 15) is 14.3 Å². The number of benzene rings is 2. The number of rotatable bonds is 7. The topological polar surface area (TPSA) is 92.9 Å². The lowest BCUT2D eigenvalue weighted by atomic mass is 9.98. The number of aryl methyl sites for hydroxylation is 1. The maximum atomic E-state index is 13.4. The van der Waals surface area contributed by atoms with Crippen LogP contribution in [0, 0.1) is 12.7 Å².